The van der Waals surface area contributed by atoms with Crippen molar-refractivity contribution in [1.29, 1.82) is 0 Å². The zero-order chi connectivity index (χ0) is 16.5. The van der Waals surface area contributed by atoms with Gasteiger partial charge in [-0.15, -0.1) is 11.3 Å². The highest BCUT2D eigenvalue weighted by molar-refractivity contribution is 7.11. The molecule has 3 aromatic heterocycles. The van der Waals surface area contributed by atoms with Crippen LogP contribution in [0, 0.1) is 0 Å². The number of nitrogens with one attached hydrogen (secondary N) is 1. The second-order valence-electron chi connectivity index (χ2n) is 5.45. The van der Waals surface area contributed by atoms with E-state index in [1.807, 2.05) is 17.5 Å². The lowest BCUT2D eigenvalue weighted by Crippen LogP contribution is -2.30. The van der Waals surface area contributed by atoms with E-state index >= 15 is 0 Å². The van der Waals surface area contributed by atoms with Crippen LogP contribution in [0.15, 0.2) is 33.7 Å². The van der Waals surface area contributed by atoms with Gasteiger partial charge in [-0.1, -0.05) is 6.07 Å². The maximum atomic E-state index is 12.3. The molecule has 1 aliphatic rings. The number of thiophene rings is 1. The predicted molar refractivity (Wildman–Crippen MR) is 89.3 cm³/mol. The zero-order valence-corrected chi connectivity index (χ0v) is 13.5. The Balaban J connectivity index is 1.60. The number of aromatic nitrogens is 4. The van der Waals surface area contributed by atoms with Crippen molar-refractivity contribution < 1.29 is 4.79 Å². The van der Waals surface area contributed by atoms with Gasteiger partial charge in [-0.25, -0.2) is 5.43 Å². The lowest BCUT2D eigenvalue weighted by molar-refractivity contribution is -0.121. The van der Waals surface area contributed by atoms with Gasteiger partial charge in [0.2, 0.25) is 5.78 Å². The van der Waals surface area contributed by atoms with Crippen LogP contribution >= 0.6 is 11.3 Å². The van der Waals surface area contributed by atoms with Gasteiger partial charge in [0.05, 0.1) is 6.21 Å². The number of fused-ring (bicyclic) bond motifs is 2. The van der Waals surface area contributed by atoms with E-state index in [4.69, 9.17) is 0 Å². The number of amides is 1. The molecule has 0 spiro atoms. The van der Waals surface area contributed by atoms with Crippen molar-refractivity contribution in [2.24, 2.45) is 5.10 Å². The molecule has 3 aromatic rings. The second kappa shape index (κ2) is 6.00. The molecule has 24 heavy (non-hydrogen) atoms. The van der Waals surface area contributed by atoms with Crippen molar-refractivity contribution in [3.63, 3.8) is 0 Å². The number of hydrogen-bond acceptors (Lipinski definition) is 6. The minimum atomic E-state index is -0.273. The molecule has 0 saturated heterocycles. The van der Waals surface area contributed by atoms with E-state index in [9.17, 15) is 9.59 Å². The Hall–Kier alpha value is -2.81. The van der Waals surface area contributed by atoms with E-state index in [-0.39, 0.29) is 18.0 Å². The maximum absolute atomic E-state index is 12.3. The average molecular weight is 342 g/mol. The van der Waals surface area contributed by atoms with Gasteiger partial charge in [-0.3, -0.25) is 9.59 Å². The van der Waals surface area contributed by atoms with Crippen LogP contribution in [0.4, 0.5) is 0 Å². The van der Waals surface area contributed by atoms with Crippen LogP contribution in [0.5, 0.6) is 0 Å². The van der Waals surface area contributed by atoms with Crippen molar-refractivity contribution in [3.05, 3.63) is 50.3 Å². The average Bonchev–Trinajstić information content (AvgIpc) is 3.31. The molecule has 9 heteroatoms. The maximum Gasteiger partial charge on any atom is 0.279 e. The van der Waals surface area contributed by atoms with Crippen molar-refractivity contribution >= 4 is 29.2 Å². The fraction of sp³-hybridized carbons (Fsp3) is 0.267. The zero-order valence-electron chi connectivity index (χ0n) is 12.7. The van der Waals surface area contributed by atoms with Gasteiger partial charge in [-0.2, -0.15) is 19.7 Å². The van der Waals surface area contributed by atoms with E-state index < -0.39 is 0 Å². The third kappa shape index (κ3) is 2.52. The van der Waals surface area contributed by atoms with Gasteiger partial charge in [0.15, 0.2) is 0 Å². The number of carbonyl (C=O) groups excluding carboxylic acids is 1. The summed E-state index contributed by atoms with van der Waals surface area (Å²) in [6, 6.07) is 3.83. The summed E-state index contributed by atoms with van der Waals surface area (Å²) in [6.45, 7) is 0.0482. The molecular weight excluding hydrogens is 328 g/mol. The van der Waals surface area contributed by atoms with Gasteiger partial charge >= 0.3 is 0 Å². The first-order chi connectivity index (χ1) is 11.7. The van der Waals surface area contributed by atoms with Crippen LogP contribution < -0.4 is 11.0 Å². The highest BCUT2D eigenvalue weighted by atomic mass is 32.1. The molecular formula is C15H14N6O2S. The van der Waals surface area contributed by atoms with Crippen LogP contribution in [-0.4, -0.2) is 31.3 Å². The highest BCUT2D eigenvalue weighted by Crippen LogP contribution is 2.19. The molecule has 0 aromatic carbocycles. The number of carbonyl (C=O) groups is 1. The van der Waals surface area contributed by atoms with Gasteiger partial charge < -0.3 is 4.57 Å². The molecule has 1 aliphatic carbocycles. The Labute approximate surface area is 140 Å². The summed E-state index contributed by atoms with van der Waals surface area (Å²) >= 11 is 1.54. The number of rotatable bonds is 4. The van der Waals surface area contributed by atoms with Crippen molar-refractivity contribution in [3.8, 4) is 0 Å². The Morgan fingerprint density at radius 2 is 2.38 bits per heavy atom. The molecule has 1 N–H and O–H groups in total. The van der Waals surface area contributed by atoms with Crippen LogP contribution in [0.3, 0.4) is 0 Å². The first-order valence-electron chi connectivity index (χ1n) is 7.54. The molecule has 0 saturated carbocycles. The normalized spacial score (nSPS) is 13.7. The van der Waals surface area contributed by atoms with Crippen molar-refractivity contribution in [2.45, 2.75) is 25.8 Å². The monoisotopic (exact) mass is 342 g/mol. The first-order valence-corrected chi connectivity index (χ1v) is 8.41. The topological polar surface area (TPSA) is 93.7 Å². The Morgan fingerprint density at radius 3 is 3.21 bits per heavy atom. The van der Waals surface area contributed by atoms with E-state index in [1.165, 1.54) is 22.2 Å². The smallest absolute Gasteiger partial charge is 0.279 e. The minimum Gasteiger partial charge on any atom is -0.304 e. The largest absolute Gasteiger partial charge is 0.304 e. The molecule has 0 fully saturated rings. The summed E-state index contributed by atoms with van der Waals surface area (Å²) in [6.07, 6.45) is 5.30. The highest BCUT2D eigenvalue weighted by Gasteiger charge is 2.23. The Bertz CT molecular complexity index is 985. The summed E-state index contributed by atoms with van der Waals surface area (Å²) in [5, 5.41) is 9.87. The predicted octanol–water partition coefficient (Wildman–Crippen LogP) is 0.592. The molecule has 0 atom stereocenters. The molecule has 1 amide bonds. The third-order valence-electron chi connectivity index (χ3n) is 3.96. The summed E-state index contributed by atoms with van der Waals surface area (Å²) in [5.74, 6) is 0.114. The number of hydrazone groups is 1. The first kappa shape index (κ1) is 14.8. The Morgan fingerprint density at radius 1 is 1.46 bits per heavy atom. The third-order valence-corrected chi connectivity index (χ3v) is 4.77. The van der Waals surface area contributed by atoms with Gasteiger partial charge in [-0.05, 0) is 30.7 Å². The van der Waals surface area contributed by atoms with Crippen LogP contribution in [0.1, 0.15) is 22.6 Å². The quantitative estimate of drug-likeness (QED) is 0.555. The van der Waals surface area contributed by atoms with Gasteiger partial charge in [0.1, 0.15) is 12.9 Å². The standard InChI is InChI=1S/C15H14N6O2S/c22-13(19-17-7-10-3-2-6-24-10)8-20-12-5-1-4-11(12)14(23)21-15(20)16-9-18-21/h2-3,6-7,9H,1,4-5,8H2,(H,19,22). The Kier molecular flexibility index (Phi) is 3.69. The molecule has 0 bridgehead atoms. The van der Waals surface area contributed by atoms with Gasteiger partial charge in [0.25, 0.3) is 11.5 Å². The van der Waals surface area contributed by atoms with E-state index in [0.29, 0.717) is 12.2 Å². The summed E-state index contributed by atoms with van der Waals surface area (Å²) in [4.78, 5) is 29.6. The van der Waals surface area contributed by atoms with Gasteiger partial charge in [0, 0.05) is 16.1 Å². The fourth-order valence-electron chi connectivity index (χ4n) is 2.95. The van der Waals surface area contributed by atoms with E-state index in [1.54, 1.807) is 10.8 Å². The SMILES string of the molecule is O=C(Cn1c2c(c(=O)n3ncnc13)CCC2)NN=Cc1cccs1. The second-order valence-corrected chi connectivity index (χ2v) is 6.43. The molecule has 122 valence electrons. The van der Waals surface area contributed by atoms with Crippen molar-refractivity contribution in [1.82, 2.24) is 24.6 Å². The van der Waals surface area contributed by atoms with E-state index in [0.717, 1.165) is 29.0 Å². The summed E-state index contributed by atoms with van der Waals surface area (Å²) in [5.41, 5.74) is 3.97. The molecule has 4 rings (SSSR count). The number of hydrogen-bond donors (Lipinski definition) is 1. The lowest BCUT2D eigenvalue weighted by atomic mass is 10.2. The molecule has 0 aliphatic heterocycles. The lowest BCUT2D eigenvalue weighted by Gasteiger charge is -2.12. The van der Waals surface area contributed by atoms with Crippen LogP contribution in [0.2, 0.25) is 0 Å². The van der Waals surface area contributed by atoms with Crippen molar-refractivity contribution in [2.75, 3.05) is 0 Å². The van der Waals surface area contributed by atoms with E-state index in [2.05, 4.69) is 20.6 Å². The minimum absolute atomic E-state index is 0.0482. The number of nitrogens with zero attached hydrogens (tertiary/aromatic N) is 5. The fourth-order valence-corrected chi connectivity index (χ4v) is 3.53. The summed E-state index contributed by atoms with van der Waals surface area (Å²) in [7, 11) is 0. The molecule has 8 nitrogen and oxygen atoms in total. The molecule has 3 heterocycles. The molecule has 0 unspecified atom stereocenters. The summed E-state index contributed by atoms with van der Waals surface area (Å²) < 4.78 is 3.01. The molecule has 0 radical (unpaired) electrons. The van der Waals surface area contributed by atoms with Crippen LogP contribution in [0.25, 0.3) is 5.78 Å². The van der Waals surface area contributed by atoms with Crippen LogP contribution in [-0.2, 0) is 24.2 Å².